The second-order valence-corrected chi connectivity index (χ2v) is 7.06. The molecule has 2 aliphatic rings. The van der Waals surface area contributed by atoms with Gasteiger partial charge in [0.25, 0.3) is 0 Å². The summed E-state index contributed by atoms with van der Waals surface area (Å²) in [7, 11) is 0. The van der Waals surface area contributed by atoms with Gasteiger partial charge in [0.05, 0.1) is 12.1 Å². The molecule has 2 aliphatic heterocycles. The van der Waals surface area contributed by atoms with E-state index in [0.29, 0.717) is 17.3 Å². The Bertz CT molecular complexity index is 975. The van der Waals surface area contributed by atoms with Crippen molar-refractivity contribution in [2.45, 2.75) is 6.54 Å². The molecule has 10 heteroatoms. The number of nitrogens with zero attached hydrogens (tertiary/aromatic N) is 7. The third-order valence-electron chi connectivity index (χ3n) is 5.18. The van der Waals surface area contributed by atoms with Crippen LogP contribution in [-0.4, -0.2) is 60.9 Å². The maximum Gasteiger partial charge on any atom is 0.231 e. The topological polar surface area (TPSA) is 128 Å². The first-order chi connectivity index (χ1) is 14.7. The Morgan fingerprint density at radius 3 is 2.50 bits per heavy atom. The molecule has 0 saturated carbocycles. The van der Waals surface area contributed by atoms with Crippen LogP contribution in [0.2, 0.25) is 0 Å². The molecule has 1 aromatic carbocycles. The summed E-state index contributed by atoms with van der Waals surface area (Å²) >= 11 is 0. The molecule has 2 N–H and O–H groups in total. The van der Waals surface area contributed by atoms with E-state index in [2.05, 4.69) is 25.8 Å². The van der Waals surface area contributed by atoms with E-state index in [1.54, 1.807) is 4.90 Å². The Balaban J connectivity index is 1.41. The lowest BCUT2D eigenvalue weighted by Gasteiger charge is -2.36. The number of benzene rings is 1. The zero-order valence-corrected chi connectivity index (χ0v) is 16.5. The number of nitrogens with two attached hydrogens (primary N) is 1. The van der Waals surface area contributed by atoms with E-state index < -0.39 is 0 Å². The van der Waals surface area contributed by atoms with E-state index in [-0.39, 0.29) is 19.9 Å². The highest BCUT2D eigenvalue weighted by Gasteiger charge is 2.23. The van der Waals surface area contributed by atoms with E-state index in [0.717, 1.165) is 44.2 Å². The fraction of sp³-hybridized carbons (Fsp3) is 0.400. The Morgan fingerprint density at radius 2 is 1.77 bits per heavy atom. The Kier molecular flexibility index (Phi) is 5.68. The molecule has 0 radical (unpaired) electrons. The summed E-state index contributed by atoms with van der Waals surface area (Å²) < 4.78 is 10.8. The van der Waals surface area contributed by atoms with Crippen molar-refractivity contribution in [1.29, 1.82) is 10.5 Å². The minimum absolute atomic E-state index is 0.0392. The molecule has 0 amide bonds. The first-order valence-electron chi connectivity index (χ1n) is 9.64. The largest absolute Gasteiger partial charge is 0.454 e. The smallest absolute Gasteiger partial charge is 0.231 e. The van der Waals surface area contributed by atoms with E-state index in [4.69, 9.17) is 25.7 Å². The SMILES string of the molecule is N#CCN(CC#N)c1ncnc(N2CCN(Cc3ccc4c(c3)OCO4)CC2)c1N. The normalized spacial score (nSPS) is 15.5. The lowest BCUT2D eigenvalue weighted by Crippen LogP contribution is -2.46. The van der Waals surface area contributed by atoms with Crippen LogP contribution in [0.25, 0.3) is 0 Å². The van der Waals surface area contributed by atoms with Gasteiger partial charge < -0.3 is 25.0 Å². The van der Waals surface area contributed by atoms with Crippen molar-refractivity contribution >= 4 is 17.3 Å². The van der Waals surface area contributed by atoms with Gasteiger partial charge in [-0.25, -0.2) is 9.97 Å². The maximum absolute atomic E-state index is 9.02. The van der Waals surface area contributed by atoms with Gasteiger partial charge in [0, 0.05) is 32.7 Å². The second kappa shape index (κ2) is 8.72. The first-order valence-corrected chi connectivity index (χ1v) is 9.64. The van der Waals surface area contributed by atoms with Crippen LogP contribution in [0.15, 0.2) is 24.5 Å². The summed E-state index contributed by atoms with van der Waals surface area (Å²) in [5.41, 5.74) is 7.90. The van der Waals surface area contributed by atoms with Crippen LogP contribution in [0, 0.1) is 22.7 Å². The van der Waals surface area contributed by atoms with E-state index in [1.165, 1.54) is 11.9 Å². The molecule has 2 aromatic rings. The van der Waals surface area contributed by atoms with E-state index >= 15 is 0 Å². The standard InChI is InChI=1S/C20H22N8O2/c21-3-5-27(6-4-22)19-18(23)20(25-13-24-19)28-9-7-26(8-10-28)12-15-1-2-16-17(11-15)30-14-29-16/h1-2,11,13H,5-10,12,14,23H2. The lowest BCUT2D eigenvalue weighted by molar-refractivity contribution is 0.174. The molecule has 1 saturated heterocycles. The third-order valence-corrected chi connectivity index (χ3v) is 5.18. The van der Waals surface area contributed by atoms with Gasteiger partial charge >= 0.3 is 0 Å². The first kappa shape index (κ1) is 19.6. The lowest BCUT2D eigenvalue weighted by atomic mass is 10.1. The highest BCUT2D eigenvalue weighted by atomic mass is 16.7. The van der Waals surface area contributed by atoms with Gasteiger partial charge in [-0.05, 0) is 17.7 Å². The number of nitrogen functional groups attached to an aromatic ring is 1. The van der Waals surface area contributed by atoms with Gasteiger partial charge in [-0.1, -0.05) is 6.07 Å². The molecule has 154 valence electrons. The number of anilines is 3. The molecule has 0 bridgehead atoms. The number of fused-ring (bicyclic) bond motifs is 1. The highest BCUT2D eigenvalue weighted by molar-refractivity contribution is 5.76. The van der Waals surface area contributed by atoms with Crippen LogP contribution in [0.1, 0.15) is 5.56 Å². The summed E-state index contributed by atoms with van der Waals surface area (Å²) in [6.07, 6.45) is 1.43. The van der Waals surface area contributed by atoms with Crippen molar-refractivity contribution in [3.05, 3.63) is 30.1 Å². The molecule has 0 spiro atoms. The van der Waals surface area contributed by atoms with Crippen molar-refractivity contribution in [2.75, 3.05) is 61.6 Å². The van der Waals surface area contributed by atoms with Crippen LogP contribution in [0.5, 0.6) is 11.5 Å². The van der Waals surface area contributed by atoms with Gasteiger partial charge in [0.15, 0.2) is 23.1 Å². The van der Waals surface area contributed by atoms with Crippen molar-refractivity contribution in [3.8, 4) is 23.6 Å². The molecule has 0 atom stereocenters. The van der Waals surface area contributed by atoms with Crippen LogP contribution in [-0.2, 0) is 6.54 Å². The van der Waals surface area contributed by atoms with Crippen molar-refractivity contribution in [3.63, 3.8) is 0 Å². The average molecular weight is 406 g/mol. The predicted octanol–water partition coefficient (Wildman–Crippen LogP) is 0.963. The van der Waals surface area contributed by atoms with Gasteiger partial charge in [-0.15, -0.1) is 0 Å². The van der Waals surface area contributed by atoms with Crippen LogP contribution >= 0.6 is 0 Å². The number of rotatable bonds is 6. The monoisotopic (exact) mass is 406 g/mol. The molecule has 4 rings (SSSR count). The molecule has 30 heavy (non-hydrogen) atoms. The van der Waals surface area contributed by atoms with Crippen molar-refractivity contribution in [2.24, 2.45) is 0 Å². The van der Waals surface area contributed by atoms with Crippen molar-refractivity contribution < 1.29 is 9.47 Å². The number of ether oxygens (including phenoxy) is 2. The van der Waals surface area contributed by atoms with Crippen LogP contribution in [0.3, 0.4) is 0 Å². The maximum atomic E-state index is 9.02. The van der Waals surface area contributed by atoms with Crippen molar-refractivity contribution in [1.82, 2.24) is 14.9 Å². The van der Waals surface area contributed by atoms with Crippen LogP contribution in [0.4, 0.5) is 17.3 Å². The molecule has 3 heterocycles. The van der Waals surface area contributed by atoms with Crippen LogP contribution < -0.4 is 25.0 Å². The summed E-state index contributed by atoms with van der Waals surface area (Å²) in [5, 5.41) is 18.0. The number of hydrogen-bond acceptors (Lipinski definition) is 10. The average Bonchev–Trinajstić information content (AvgIpc) is 3.22. The number of piperazine rings is 1. The zero-order chi connectivity index (χ0) is 20.9. The quantitative estimate of drug-likeness (QED) is 0.693. The number of aromatic nitrogens is 2. The molecular formula is C20H22N8O2. The Hall–Kier alpha value is -3.76. The second-order valence-electron chi connectivity index (χ2n) is 7.06. The highest BCUT2D eigenvalue weighted by Crippen LogP contribution is 2.33. The molecule has 0 aliphatic carbocycles. The minimum atomic E-state index is 0.0392. The summed E-state index contributed by atoms with van der Waals surface area (Å²) in [4.78, 5) is 14.6. The molecule has 10 nitrogen and oxygen atoms in total. The number of hydrogen-bond donors (Lipinski definition) is 1. The third kappa shape index (κ3) is 4.00. The minimum Gasteiger partial charge on any atom is -0.454 e. The summed E-state index contributed by atoms with van der Waals surface area (Å²) in [6.45, 7) is 4.42. The van der Waals surface area contributed by atoms with E-state index in [9.17, 15) is 0 Å². The van der Waals surface area contributed by atoms with Gasteiger partial charge in [0.2, 0.25) is 6.79 Å². The summed E-state index contributed by atoms with van der Waals surface area (Å²) in [6, 6.07) is 10.1. The zero-order valence-electron chi connectivity index (χ0n) is 16.5. The van der Waals surface area contributed by atoms with E-state index in [1.807, 2.05) is 24.3 Å². The van der Waals surface area contributed by atoms with Gasteiger partial charge in [-0.3, -0.25) is 4.90 Å². The number of nitriles is 2. The van der Waals surface area contributed by atoms with Gasteiger partial charge in [-0.2, -0.15) is 10.5 Å². The molecule has 0 unspecified atom stereocenters. The fourth-order valence-electron chi connectivity index (χ4n) is 3.67. The molecular weight excluding hydrogens is 384 g/mol. The van der Waals surface area contributed by atoms with Gasteiger partial charge in [0.1, 0.15) is 25.1 Å². The Labute approximate surface area is 174 Å². The predicted molar refractivity (Wildman–Crippen MR) is 110 cm³/mol. The summed E-state index contributed by atoms with van der Waals surface area (Å²) in [5.74, 6) is 2.65. The Morgan fingerprint density at radius 1 is 1.03 bits per heavy atom. The molecule has 1 aromatic heterocycles. The molecule has 1 fully saturated rings. The fourth-order valence-corrected chi connectivity index (χ4v) is 3.67.